The maximum absolute atomic E-state index is 11.8. The normalized spacial score (nSPS) is 21.9. The Balaban J connectivity index is 0.000000261. The molecule has 2 aliphatic rings. The molecule has 3 rings (SSSR count). The van der Waals surface area contributed by atoms with Crippen molar-refractivity contribution in [2.45, 2.75) is 57.2 Å². The molecule has 2 fully saturated rings. The van der Waals surface area contributed by atoms with Gasteiger partial charge < -0.3 is 25.6 Å². The van der Waals surface area contributed by atoms with E-state index in [2.05, 4.69) is 43.1 Å². The monoisotopic (exact) mass is 390 g/mol. The van der Waals surface area contributed by atoms with Crippen LogP contribution in [0.3, 0.4) is 0 Å². The van der Waals surface area contributed by atoms with Crippen molar-refractivity contribution in [1.29, 1.82) is 0 Å². The highest BCUT2D eigenvalue weighted by atomic mass is 16.5. The number of amides is 1. The van der Waals surface area contributed by atoms with Gasteiger partial charge in [0, 0.05) is 24.2 Å². The van der Waals surface area contributed by atoms with Crippen LogP contribution in [0.4, 0.5) is 4.79 Å². The van der Waals surface area contributed by atoms with E-state index in [4.69, 9.17) is 10.5 Å². The summed E-state index contributed by atoms with van der Waals surface area (Å²) in [6.07, 6.45) is 3.89. The van der Waals surface area contributed by atoms with Crippen molar-refractivity contribution in [2.75, 3.05) is 40.3 Å². The Bertz CT molecular complexity index is 588. The Kier molecular flexibility index (Phi) is 8.28. The second-order valence-corrected chi connectivity index (χ2v) is 9.01. The standard InChI is InChI=1S/C15H22N2O2.C7H16N2/c1-15(8-10-17(2)11-9-15)16-14(18)19-12-13-6-4-3-5-7-13;1-7(8)3-5-9(2)6-4-7/h3-7H,8-12H2,1-2H3,(H,16,18);3-6,8H2,1-2H3. The third kappa shape index (κ3) is 8.17. The van der Waals surface area contributed by atoms with E-state index in [1.165, 1.54) is 0 Å². The first-order valence-electron chi connectivity index (χ1n) is 10.3. The zero-order valence-electron chi connectivity index (χ0n) is 18.0. The van der Waals surface area contributed by atoms with E-state index < -0.39 is 0 Å². The largest absolute Gasteiger partial charge is 0.445 e. The summed E-state index contributed by atoms with van der Waals surface area (Å²) in [7, 11) is 4.25. The first-order valence-corrected chi connectivity index (χ1v) is 10.3. The molecule has 0 atom stereocenters. The molecule has 0 aliphatic carbocycles. The second kappa shape index (κ2) is 10.2. The topological polar surface area (TPSA) is 70.8 Å². The number of likely N-dealkylation sites (tertiary alicyclic amines) is 2. The summed E-state index contributed by atoms with van der Waals surface area (Å²) in [6.45, 7) is 8.89. The molecule has 2 aliphatic heterocycles. The minimum atomic E-state index is -0.323. The average Bonchev–Trinajstić information content (AvgIpc) is 2.67. The fourth-order valence-corrected chi connectivity index (χ4v) is 3.37. The third-order valence-electron chi connectivity index (χ3n) is 5.84. The molecular weight excluding hydrogens is 352 g/mol. The van der Waals surface area contributed by atoms with Crippen molar-refractivity contribution in [3.05, 3.63) is 35.9 Å². The van der Waals surface area contributed by atoms with Gasteiger partial charge in [-0.2, -0.15) is 0 Å². The van der Waals surface area contributed by atoms with Crippen LogP contribution in [-0.4, -0.2) is 67.2 Å². The van der Waals surface area contributed by atoms with Crippen molar-refractivity contribution in [1.82, 2.24) is 15.1 Å². The molecule has 28 heavy (non-hydrogen) atoms. The number of hydrogen-bond donors (Lipinski definition) is 2. The van der Waals surface area contributed by atoms with Crippen LogP contribution in [0.25, 0.3) is 0 Å². The van der Waals surface area contributed by atoms with E-state index in [0.29, 0.717) is 6.61 Å². The maximum atomic E-state index is 11.8. The van der Waals surface area contributed by atoms with Crippen LogP contribution in [0.2, 0.25) is 0 Å². The first-order chi connectivity index (χ1) is 13.2. The fourth-order valence-electron chi connectivity index (χ4n) is 3.37. The summed E-state index contributed by atoms with van der Waals surface area (Å²) in [4.78, 5) is 16.4. The van der Waals surface area contributed by atoms with Gasteiger partial charge >= 0.3 is 6.09 Å². The van der Waals surface area contributed by atoms with E-state index in [-0.39, 0.29) is 17.2 Å². The minimum absolute atomic E-state index is 0.118. The van der Waals surface area contributed by atoms with Crippen molar-refractivity contribution in [2.24, 2.45) is 5.73 Å². The summed E-state index contributed by atoms with van der Waals surface area (Å²) < 4.78 is 5.26. The molecule has 0 radical (unpaired) electrons. The molecule has 158 valence electrons. The molecule has 0 spiro atoms. The number of carbonyl (C=O) groups excluding carboxylic acids is 1. The quantitative estimate of drug-likeness (QED) is 0.830. The Morgan fingerprint density at radius 2 is 1.50 bits per heavy atom. The molecule has 2 heterocycles. The van der Waals surface area contributed by atoms with E-state index in [0.717, 1.165) is 57.4 Å². The Hall–Kier alpha value is -1.63. The number of rotatable bonds is 3. The van der Waals surface area contributed by atoms with Gasteiger partial charge in [0.05, 0.1) is 0 Å². The van der Waals surface area contributed by atoms with Crippen LogP contribution in [0, 0.1) is 0 Å². The molecule has 0 unspecified atom stereocenters. The fraction of sp³-hybridized carbons (Fsp3) is 0.682. The number of piperidine rings is 2. The molecule has 1 aromatic rings. The summed E-state index contributed by atoms with van der Waals surface area (Å²) in [5.74, 6) is 0. The minimum Gasteiger partial charge on any atom is -0.445 e. The number of benzene rings is 1. The Morgan fingerprint density at radius 3 is 2.00 bits per heavy atom. The predicted octanol–water partition coefficient (Wildman–Crippen LogP) is 2.83. The van der Waals surface area contributed by atoms with E-state index in [9.17, 15) is 4.79 Å². The van der Waals surface area contributed by atoms with Crippen LogP contribution in [-0.2, 0) is 11.3 Å². The summed E-state index contributed by atoms with van der Waals surface area (Å²) in [5, 5.41) is 3.00. The molecule has 6 nitrogen and oxygen atoms in total. The number of ether oxygens (including phenoxy) is 1. The van der Waals surface area contributed by atoms with Gasteiger partial charge in [0.2, 0.25) is 0 Å². The molecule has 6 heteroatoms. The average molecular weight is 391 g/mol. The lowest BCUT2D eigenvalue weighted by molar-refractivity contribution is 0.111. The summed E-state index contributed by atoms with van der Waals surface area (Å²) in [6, 6.07) is 9.72. The van der Waals surface area contributed by atoms with E-state index >= 15 is 0 Å². The van der Waals surface area contributed by atoms with E-state index in [1.54, 1.807) is 0 Å². The maximum Gasteiger partial charge on any atom is 0.407 e. The highest BCUT2D eigenvalue weighted by Crippen LogP contribution is 2.21. The van der Waals surface area contributed by atoms with Gasteiger partial charge in [-0.3, -0.25) is 0 Å². The van der Waals surface area contributed by atoms with Gasteiger partial charge in [-0.1, -0.05) is 30.3 Å². The van der Waals surface area contributed by atoms with E-state index in [1.807, 2.05) is 30.3 Å². The van der Waals surface area contributed by atoms with Crippen molar-refractivity contribution >= 4 is 6.09 Å². The van der Waals surface area contributed by atoms with Crippen LogP contribution in [0.5, 0.6) is 0 Å². The van der Waals surface area contributed by atoms with Crippen LogP contribution >= 0.6 is 0 Å². The molecule has 0 bridgehead atoms. The Morgan fingerprint density at radius 1 is 1.00 bits per heavy atom. The van der Waals surface area contributed by atoms with Gasteiger partial charge in [-0.25, -0.2) is 4.79 Å². The number of nitrogens with one attached hydrogen (secondary N) is 1. The highest BCUT2D eigenvalue weighted by molar-refractivity contribution is 5.68. The number of nitrogens with zero attached hydrogens (tertiary/aromatic N) is 2. The zero-order valence-corrected chi connectivity index (χ0v) is 18.0. The lowest BCUT2D eigenvalue weighted by atomic mass is 9.90. The lowest BCUT2D eigenvalue weighted by Gasteiger charge is -2.38. The zero-order chi connectivity index (χ0) is 20.6. The molecule has 1 amide bonds. The highest BCUT2D eigenvalue weighted by Gasteiger charge is 2.30. The van der Waals surface area contributed by atoms with Crippen LogP contribution < -0.4 is 11.1 Å². The van der Waals surface area contributed by atoms with Crippen molar-refractivity contribution in [3.63, 3.8) is 0 Å². The smallest absolute Gasteiger partial charge is 0.407 e. The molecule has 2 saturated heterocycles. The predicted molar refractivity (Wildman–Crippen MR) is 114 cm³/mol. The summed E-state index contributed by atoms with van der Waals surface area (Å²) in [5.41, 5.74) is 6.90. The number of carbonyl (C=O) groups is 1. The number of alkyl carbamates (subject to hydrolysis) is 1. The molecule has 0 aromatic heterocycles. The van der Waals surface area contributed by atoms with Crippen LogP contribution in [0.1, 0.15) is 45.1 Å². The Labute approximate surface area is 170 Å². The third-order valence-corrected chi connectivity index (χ3v) is 5.84. The number of hydrogen-bond acceptors (Lipinski definition) is 5. The summed E-state index contributed by atoms with van der Waals surface area (Å²) >= 11 is 0. The molecule has 1 aromatic carbocycles. The van der Waals surface area contributed by atoms with Crippen molar-refractivity contribution in [3.8, 4) is 0 Å². The van der Waals surface area contributed by atoms with Crippen LogP contribution in [0.15, 0.2) is 30.3 Å². The molecular formula is C22H38N4O2. The first kappa shape index (κ1) is 22.7. The van der Waals surface area contributed by atoms with Gasteiger partial charge in [0.1, 0.15) is 6.61 Å². The number of nitrogens with two attached hydrogens (primary N) is 1. The van der Waals surface area contributed by atoms with Gasteiger partial charge in [0.15, 0.2) is 0 Å². The van der Waals surface area contributed by atoms with Gasteiger partial charge in [0.25, 0.3) is 0 Å². The second-order valence-electron chi connectivity index (χ2n) is 9.01. The molecule has 3 N–H and O–H groups in total. The van der Waals surface area contributed by atoms with Crippen molar-refractivity contribution < 1.29 is 9.53 Å². The SMILES string of the molecule is CN1CCC(C)(N)CC1.CN1CCC(C)(NC(=O)OCc2ccccc2)CC1. The lowest BCUT2D eigenvalue weighted by Crippen LogP contribution is -2.52. The molecule has 0 saturated carbocycles. The van der Waals surface area contributed by atoms with Gasteiger partial charge in [-0.15, -0.1) is 0 Å². The van der Waals surface area contributed by atoms with Gasteiger partial charge in [-0.05, 0) is 72.3 Å².